The summed E-state index contributed by atoms with van der Waals surface area (Å²) in [4.78, 5) is 28.3. The predicted octanol–water partition coefficient (Wildman–Crippen LogP) is 4.59. The minimum absolute atomic E-state index is 0.101. The van der Waals surface area contributed by atoms with Crippen LogP contribution in [0.4, 0.5) is 5.69 Å². The average molecular weight is 534 g/mol. The highest BCUT2D eigenvalue weighted by Gasteiger charge is 2.31. The molecule has 1 fully saturated rings. The molecule has 0 aliphatic heterocycles. The van der Waals surface area contributed by atoms with E-state index in [9.17, 15) is 18.0 Å². The van der Waals surface area contributed by atoms with E-state index in [1.165, 1.54) is 11.3 Å². The van der Waals surface area contributed by atoms with Crippen LogP contribution < -0.4 is 9.62 Å². The minimum Gasteiger partial charge on any atom is -0.352 e. The maximum Gasteiger partial charge on any atom is 0.244 e. The number of benzene rings is 2. The number of halogens is 1. The average Bonchev–Trinajstić information content (AvgIpc) is 2.83. The molecule has 0 heterocycles. The summed E-state index contributed by atoms with van der Waals surface area (Å²) in [5.41, 5.74) is 3.16. The molecule has 1 N–H and O–H groups in total. The summed E-state index contributed by atoms with van der Waals surface area (Å²) in [6, 6.07) is 11.7. The van der Waals surface area contributed by atoms with E-state index in [0.717, 1.165) is 52.9 Å². The Morgan fingerprint density at radius 1 is 1.03 bits per heavy atom. The Bertz CT molecular complexity index is 1180. The molecular weight excluding hydrogens is 498 g/mol. The summed E-state index contributed by atoms with van der Waals surface area (Å²) in [6.07, 6.45) is 6.26. The monoisotopic (exact) mass is 533 g/mol. The molecule has 1 atom stereocenters. The second-order valence-corrected chi connectivity index (χ2v) is 12.0. The van der Waals surface area contributed by atoms with Crippen molar-refractivity contribution in [1.29, 1.82) is 0 Å². The minimum atomic E-state index is -3.76. The summed E-state index contributed by atoms with van der Waals surface area (Å²) < 4.78 is 26.5. The summed E-state index contributed by atoms with van der Waals surface area (Å²) in [5.74, 6) is -0.693. The smallest absolute Gasteiger partial charge is 0.244 e. The molecule has 9 heteroatoms. The molecule has 36 heavy (non-hydrogen) atoms. The second-order valence-electron chi connectivity index (χ2n) is 9.71. The first-order chi connectivity index (χ1) is 17.0. The van der Waals surface area contributed by atoms with Gasteiger partial charge in [0.15, 0.2) is 0 Å². The largest absolute Gasteiger partial charge is 0.352 e. The third-order valence-corrected chi connectivity index (χ3v) is 8.24. The SMILES string of the molecule is Cc1ccc(N(CC(=O)N(Cc2ccc(Cl)cc2)C(C)C(=O)NC2CCCCC2)S(C)(=O)=O)cc1C. The molecule has 3 rings (SSSR count). The number of carbonyl (C=O) groups is 2. The zero-order valence-corrected chi connectivity index (χ0v) is 23.0. The van der Waals surface area contributed by atoms with Crippen LogP contribution in [0.3, 0.4) is 0 Å². The van der Waals surface area contributed by atoms with Gasteiger partial charge in [0.2, 0.25) is 21.8 Å². The lowest BCUT2D eigenvalue weighted by Gasteiger charge is -2.33. The van der Waals surface area contributed by atoms with Crippen LogP contribution in [-0.2, 0) is 26.2 Å². The van der Waals surface area contributed by atoms with Crippen LogP contribution >= 0.6 is 11.6 Å². The van der Waals surface area contributed by atoms with Crippen molar-refractivity contribution in [3.63, 3.8) is 0 Å². The zero-order valence-electron chi connectivity index (χ0n) is 21.5. The highest BCUT2D eigenvalue weighted by molar-refractivity contribution is 7.92. The first-order valence-corrected chi connectivity index (χ1v) is 14.6. The van der Waals surface area contributed by atoms with E-state index in [4.69, 9.17) is 11.6 Å². The molecule has 0 spiro atoms. The number of hydrogen-bond donors (Lipinski definition) is 1. The van der Waals surface area contributed by atoms with Crippen molar-refractivity contribution < 1.29 is 18.0 Å². The number of carbonyl (C=O) groups excluding carboxylic acids is 2. The van der Waals surface area contributed by atoms with E-state index in [0.29, 0.717) is 10.7 Å². The van der Waals surface area contributed by atoms with E-state index < -0.39 is 28.5 Å². The number of nitrogens with zero attached hydrogens (tertiary/aromatic N) is 2. The Labute approximate surface area is 219 Å². The van der Waals surface area contributed by atoms with Crippen LogP contribution in [0, 0.1) is 13.8 Å². The fraction of sp³-hybridized carbons (Fsp3) is 0.481. The van der Waals surface area contributed by atoms with Crippen LogP contribution in [0.1, 0.15) is 55.7 Å². The second kappa shape index (κ2) is 12.1. The van der Waals surface area contributed by atoms with Gasteiger partial charge in [-0.2, -0.15) is 0 Å². The van der Waals surface area contributed by atoms with Gasteiger partial charge in [-0.05, 0) is 74.6 Å². The maximum atomic E-state index is 13.6. The molecule has 0 aromatic heterocycles. The molecule has 1 saturated carbocycles. The number of anilines is 1. The van der Waals surface area contributed by atoms with Crippen molar-refractivity contribution in [3.05, 3.63) is 64.2 Å². The maximum absolute atomic E-state index is 13.6. The van der Waals surface area contributed by atoms with Gasteiger partial charge in [-0.3, -0.25) is 13.9 Å². The topological polar surface area (TPSA) is 86.8 Å². The third-order valence-electron chi connectivity index (χ3n) is 6.84. The number of rotatable bonds is 9. The van der Waals surface area contributed by atoms with Gasteiger partial charge in [-0.15, -0.1) is 0 Å². The Balaban J connectivity index is 1.87. The Morgan fingerprint density at radius 3 is 2.25 bits per heavy atom. The molecule has 1 unspecified atom stereocenters. The number of sulfonamides is 1. The highest BCUT2D eigenvalue weighted by atomic mass is 35.5. The molecular formula is C27H36ClN3O4S. The lowest BCUT2D eigenvalue weighted by molar-refractivity contribution is -0.139. The van der Waals surface area contributed by atoms with E-state index in [1.807, 2.05) is 19.9 Å². The van der Waals surface area contributed by atoms with E-state index >= 15 is 0 Å². The molecule has 0 radical (unpaired) electrons. The predicted molar refractivity (Wildman–Crippen MR) is 145 cm³/mol. The molecule has 1 aliphatic rings. The molecule has 196 valence electrons. The van der Waals surface area contributed by atoms with Gasteiger partial charge >= 0.3 is 0 Å². The van der Waals surface area contributed by atoms with Crippen molar-refractivity contribution in [2.45, 2.75) is 71.5 Å². The van der Waals surface area contributed by atoms with Gasteiger partial charge in [-0.25, -0.2) is 8.42 Å². The molecule has 2 amide bonds. The van der Waals surface area contributed by atoms with Crippen molar-refractivity contribution in [3.8, 4) is 0 Å². The number of nitrogens with one attached hydrogen (secondary N) is 1. The van der Waals surface area contributed by atoms with E-state index in [-0.39, 0.29) is 18.5 Å². The normalized spacial score (nSPS) is 15.2. The third kappa shape index (κ3) is 7.46. The zero-order chi connectivity index (χ0) is 26.5. The summed E-state index contributed by atoms with van der Waals surface area (Å²) in [6.45, 7) is 5.27. The van der Waals surface area contributed by atoms with Crippen molar-refractivity contribution in [1.82, 2.24) is 10.2 Å². The number of hydrogen-bond acceptors (Lipinski definition) is 4. The summed E-state index contributed by atoms with van der Waals surface area (Å²) in [5, 5.41) is 3.66. The number of amides is 2. The lowest BCUT2D eigenvalue weighted by atomic mass is 9.95. The van der Waals surface area contributed by atoms with Crippen LogP contribution in [0.2, 0.25) is 5.02 Å². The Hall–Kier alpha value is -2.58. The Kier molecular flexibility index (Phi) is 9.41. The van der Waals surface area contributed by atoms with E-state index in [2.05, 4.69) is 5.32 Å². The van der Waals surface area contributed by atoms with Gasteiger partial charge < -0.3 is 10.2 Å². The Morgan fingerprint density at radius 2 is 1.67 bits per heavy atom. The van der Waals surface area contributed by atoms with E-state index in [1.54, 1.807) is 43.3 Å². The van der Waals surface area contributed by atoms with Crippen molar-refractivity contribution in [2.75, 3.05) is 17.1 Å². The molecule has 0 saturated heterocycles. The molecule has 7 nitrogen and oxygen atoms in total. The van der Waals surface area contributed by atoms with Gasteiger partial charge in [0.05, 0.1) is 11.9 Å². The molecule has 2 aromatic carbocycles. The summed E-state index contributed by atoms with van der Waals surface area (Å²) in [7, 11) is -3.76. The molecule has 2 aromatic rings. The number of aryl methyl sites for hydroxylation is 2. The first kappa shape index (κ1) is 28.0. The molecule has 0 bridgehead atoms. The van der Waals surface area contributed by atoms with Gasteiger partial charge in [-0.1, -0.05) is 49.1 Å². The fourth-order valence-corrected chi connectivity index (χ4v) is 5.40. The highest BCUT2D eigenvalue weighted by Crippen LogP contribution is 2.23. The lowest BCUT2D eigenvalue weighted by Crippen LogP contribution is -2.52. The fourth-order valence-electron chi connectivity index (χ4n) is 4.43. The van der Waals surface area contributed by atoms with Crippen LogP contribution in [0.15, 0.2) is 42.5 Å². The van der Waals surface area contributed by atoms with Crippen molar-refractivity contribution in [2.24, 2.45) is 0 Å². The summed E-state index contributed by atoms with van der Waals surface area (Å²) >= 11 is 6.02. The van der Waals surface area contributed by atoms with Gasteiger partial charge in [0.25, 0.3) is 0 Å². The van der Waals surface area contributed by atoms with Gasteiger partial charge in [0.1, 0.15) is 12.6 Å². The molecule has 1 aliphatic carbocycles. The van der Waals surface area contributed by atoms with Crippen LogP contribution in [0.25, 0.3) is 0 Å². The quantitative estimate of drug-likeness (QED) is 0.511. The first-order valence-electron chi connectivity index (χ1n) is 12.3. The van der Waals surface area contributed by atoms with Gasteiger partial charge in [0, 0.05) is 17.6 Å². The standard InChI is InChI=1S/C27H36ClN3O4S/c1-19-10-15-25(16-20(19)2)31(36(4,34)35)18-26(32)30(17-22-11-13-23(28)14-12-22)21(3)27(33)29-24-8-6-5-7-9-24/h10-16,21,24H,5-9,17-18H2,1-4H3,(H,29,33). The van der Waals surface area contributed by atoms with Crippen molar-refractivity contribution >= 4 is 39.1 Å². The van der Waals surface area contributed by atoms with Crippen LogP contribution in [0.5, 0.6) is 0 Å². The van der Waals surface area contributed by atoms with Crippen LogP contribution in [-0.4, -0.2) is 50.0 Å².